The Morgan fingerprint density at radius 1 is 1.05 bits per heavy atom. The number of hydrogen-bond donors (Lipinski definition) is 1. The van der Waals surface area contributed by atoms with E-state index < -0.39 is 0 Å². The average Bonchev–Trinajstić information content (AvgIpc) is 3.18. The van der Waals surface area contributed by atoms with Crippen LogP contribution in [-0.4, -0.2) is 29.5 Å². The highest BCUT2D eigenvalue weighted by Gasteiger charge is 2.08. The Morgan fingerprint density at radius 2 is 1.86 bits per heavy atom. The van der Waals surface area contributed by atoms with Crippen molar-refractivity contribution in [1.82, 2.24) is 29.5 Å². The Morgan fingerprint density at radius 3 is 2.62 bits per heavy atom. The molecule has 102 valence electrons. The topological polar surface area (TPSA) is 81.4 Å². The molecule has 0 aliphatic rings. The van der Waals surface area contributed by atoms with Gasteiger partial charge in [0.25, 0.3) is 5.56 Å². The van der Waals surface area contributed by atoms with Crippen molar-refractivity contribution in [3.8, 4) is 11.4 Å². The number of aromatic nitrogens is 6. The lowest BCUT2D eigenvalue weighted by Gasteiger charge is -2.05. The fraction of sp³-hybridized carbons (Fsp3) is 0. The number of hydrogen-bond acceptors (Lipinski definition) is 4. The van der Waals surface area contributed by atoms with Gasteiger partial charge in [-0.25, -0.2) is 14.3 Å². The van der Waals surface area contributed by atoms with E-state index in [2.05, 4.69) is 20.2 Å². The Kier molecular flexibility index (Phi) is 2.43. The van der Waals surface area contributed by atoms with Crippen LogP contribution in [-0.2, 0) is 0 Å². The highest BCUT2D eigenvalue weighted by molar-refractivity contribution is 5.74. The van der Waals surface area contributed by atoms with Crippen LogP contribution < -0.4 is 5.56 Å². The molecule has 0 spiro atoms. The van der Waals surface area contributed by atoms with Gasteiger partial charge in [0.2, 0.25) is 0 Å². The van der Waals surface area contributed by atoms with Gasteiger partial charge in [0, 0.05) is 12.4 Å². The van der Waals surface area contributed by atoms with Gasteiger partial charge in [0.05, 0.1) is 23.9 Å². The zero-order valence-corrected chi connectivity index (χ0v) is 10.8. The van der Waals surface area contributed by atoms with E-state index in [0.717, 1.165) is 11.4 Å². The van der Waals surface area contributed by atoms with Crippen LogP contribution in [0.1, 0.15) is 0 Å². The van der Waals surface area contributed by atoms with Crippen LogP contribution in [0.2, 0.25) is 0 Å². The number of fused-ring (bicyclic) bond motifs is 1. The molecule has 1 aromatic carbocycles. The van der Waals surface area contributed by atoms with Crippen molar-refractivity contribution in [3.63, 3.8) is 0 Å². The van der Waals surface area contributed by atoms with Crippen molar-refractivity contribution in [2.24, 2.45) is 0 Å². The summed E-state index contributed by atoms with van der Waals surface area (Å²) >= 11 is 0. The van der Waals surface area contributed by atoms with E-state index >= 15 is 0 Å². The summed E-state index contributed by atoms with van der Waals surface area (Å²) in [5.41, 5.74) is 2.12. The fourth-order valence-electron chi connectivity index (χ4n) is 2.21. The third-order valence-corrected chi connectivity index (χ3v) is 3.23. The molecule has 0 fully saturated rings. The zero-order chi connectivity index (χ0) is 14.2. The summed E-state index contributed by atoms with van der Waals surface area (Å²) in [4.78, 5) is 18.4. The van der Waals surface area contributed by atoms with Crippen LogP contribution in [0.5, 0.6) is 0 Å². The minimum Gasteiger partial charge on any atom is -0.312 e. The predicted molar refractivity (Wildman–Crippen MR) is 76.6 cm³/mol. The first-order chi connectivity index (χ1) is 10.3. The van der Waals surface area contributed by atoms with Gasteiger partial charge in [-0.15, -0.1) is 0 Å². The van der Waals surface area contributed by atoms with Crippen molar-refractivity contribution in [3.05, 3.63) is 65.6 Å². The number of nitrogens with one attached hydrogen (secondary N) is 1. The average molecular weight is 278 g/mol. The van der Waals surface area contributed by atoms with E-state index in [0.29, 0.717) is 11.0 Å². The Labute approximate surface area is 118 Å². The zero-order valence-electron chi connectivity index (χ0n) is 10.8. The smallest absolute Gasteiger partial charge is 0.261 e. The highest BCUT2D eigenvalue weighted by Crippen LogP contribution is 2.15. The molecule has 4 rings (SSSR count). The summed E-state index contributed by atoms with van der Waals surface area (Å²) in [6.07, 6.45) is 6.49. The van der Waals surface area contributed by atoms with Crippen molar-refractivity contribution in [1.29, 1.82) is 0 Å². The van der Waals surface area contributed by atoms with Gasteiger partial charge in [0.1, 0.15) is 5.39 Å². The number of H-pyrrole nitrogens is 1. The number of benzene rings is 1. The summed E-state index contributed by atoms with van der Waals surface area (Å²) in [5, 5.41) is 8.87. The lowest BCUT2D eigenvalue weighted by atomic mass is 10.3. The molecular weight excluding hydrogens is 268 g/mol. The largest absolute Gasteiger partial charge is 0.312 e. The lowest BCUT2D eigenvalue weighted by molar-refractivity contribution is 0.870. The fourth-order valence-corrected chi connectivity index (χ4v) is 2.21. The maximum atomic E-state index is 11.7. The molecule has 0 atom stereocenters. The van der Waals surface area contributed by atoms with Crippen molar-refractivity contribution < 1.29 is 0 Å². The molecule has 3 heterocycles. The van der Waals surface area contributed by atoms with Crippen LogP contribution in [0.15, 0.2) is 60.0 Å². The lowest BCUT2D eigenvalue weighted by Crippen LogP contribution is -2.06. The first-order valence-electron chi connectivity index (χ1n) is 6.35. The minimum absolute atomic E-state index is 0.195. The van der Waals surface area contributed by atoms with Gasteiger partial charge in [-0.2, -0.15) is 10.2 Å². The molecule has 0 radical (unpaired) electrons. The summed E-state index contributed by atoms with van der Waals surface area (Å²) in [7, 11) is 0. The van der Waals surface area contributed by atoms with Gasteiger partial charge in [-0.05, 0) is 30.3 Å². The van der Waals surface area contributed by atoms with Gasteiger partial charge in [-0.1, -0.05) is 0 Å². The Bertz CT molecular complexity index is 949. The summed E-state index contributed by atoms with van der Waals surface area (Å²) in [6.45, 7) is 0. The van der Waals surface area contributed by atoms with E-state index in [9.17, 15) is 4.79 Å². The van der Waals surface area contributed by atoms with Crippen LogP contribution >= 0.6 is 0 Å². The molecule has 7 heteroatoms. The van der Waals surface area contributed by atoms with E-state index in [1.165, 1.54) is 12.5 Å². The molecule has 0 aliphatic heterocycles. The molecule has 1 N–H and O–H groups in total. The summed E-state index contributed by atoms with van der Waals surface area (Å²) < 4.78 is 3.41. The molecular formula is C14H10N6O. The van der Waals surface area contributed by atoms with E-state index in [1.807, 2.05) is 36.5 Å². The molecule has 0 aliphatic carbocycles. The van der Waals surface area contributed by atoms with Crippen LogP contribution in [0.4, 0.5) is 0 Å². The maximum Gasteiger partial charge on any atom is 0.261 e. The normalized spacial score (nSPS) is 11.0. The predicted octanol–water partition coefficient (Wildman–Crippen LogP) is 1.29. The number of nitrogens with zero attached hydrogens (tertiary/aromatic N) is 5. The molecule has 0 saturated heterocycles. The van der Waals surface area contributed by atoms with Crippen molar-refractivity contribution >= 4 is 11.0 Å². The second kappa shape index (κ2) is 4.41. The molecule has 0 amide bonds. The third kappa shape index (κ3) is 1.83. The summed E-state index contributed by atoms with van der Waals surface area (Å²) in [6, 6.07) is 9.55. The Hall–Kier alpha value is -3.22. The second-order valence-corrected chi connectivity index (χ2v) is 4.49. The van der Waals surface area contributed by atoms with Crippen molar-refractivity contribution in [2.75, 3.05) is 0 Å². The van der Waals surface area contributed by atoms with E-state index in [4.69, 9.17) is 0 Å². The minimum atomic E-state index is -0.195. The second-order valence-electron chi connectivity index (χ2n) is 4.49. The number of aromatic amines is 1. The first-order valence-corrected chi connectivity index (χ1v) is 6.35. The van der Waals surface area contributed by atoms with E-state index in [1.54, 1.807) is 15.6 Å². The van der Waals surface area contributed by atoms with Gasteiger partial charge >= 0.3 is 0 Å². The molecule has 0 saturated carbocycles. The molecule has 21 heavy (non-hydrogen) atoms. The standard InChI is InChI=1S/C14H10N6O/c21-14-12-8-18-20(13(12)15-9-16-14)11-4-2-10(3-5-11)19-7-1-6-17-19/h1-9H,(H,15,16,21). The monoisotopic (exact) mass is 278 g/mol. The van der Waals surface area contributed by atoms with Crippen molar-refractivity contribution in [2.45, 2.75) is 0 Å². The van der Waals surface area contributed by atoms with E-state index in [-0.39, 0.29) is 5.56 Å². The van der Waals surface area contributed by atoms with Gasteiger partial charge in [-0.3, -0.25) is 4.79 Å². The van der Waals surface area contributed by atoms with Gasteiger partial charge in [0.15, 0.2) is 5.65 Å². The SMILES string of the molecule is O=c1[nH]cnc2c1cnn2-c1ccc(-n2cccn2)cc1. The number of rotatable bonds is 2. The van der Waals surface area contributed by atoms with Crippen LogP contribution in [0.25, 0.3) is 22.4 Å². The molecule has 0 bridgehead atoms. The molecule has 0 unspecified atom stereocenters. The molecule has 3 aromatic heterocycles. The Balaban J connectivity index is 1.82. The highest BCUT2D eigenvalue weighted by atomic mass is 16.1. The summed E-state index contributed by atoms with van der Waals surface area (Å²) in [5.74, 6) is 0. The quantitative estimate of drug-likeness (QED) is 0.599. The maximum absolute atomic E-state index is 11.7. The molecule has 7 nitrogen and oxygen atoms in total. The van der Waals surface area contributed by atoms with Gasteiger partial charge < -0.3 is 4.98 Å². The van der Waals surface area contributed by atoms with Crippen LogP contribution in [0.3, 0.4) is 0 Å². The third-order valence-electron chi connectivity index (χ3n) is 3.23. The first kappa shape index (κ1) is 11.6. The van der Waals surface area contributed by atoms with Crippen LogP contribution in [0, 0.1) is 0 Å². The molecule has 4 aromatic rings.